The van der Waals surface area contributed by atoms with Crippen LogP contribution >= 0.6 is 0 Å². The first kappa shape index (κ1) is 10.9. The molecule has 0 saturated heterocycles. The number of hydrogen-bond donors (Lipinski definition) is 5. The number of benzene rings is 2. The van der Waals surface area contributed by atoms with Crippen molar-refractivity contribution in [3.8, 4) is 23.0 Å². The summed E-state index contributed by atoms with van der Waals surface area (Å²) in [6, 6.07) is 8.80. The van der Waals surface area contributed by atoms with Crippen LogP contribution in [0.4, 0.5) is 11.4 Å². The monoisotopic (exact) mass is 233 g/mol. The first-order valence-corrected chi connectivity index (χ1v) is 4.88. The molecule has 88 valence electrons. The van der Waals surface area contributed by atoms with Crippen LogP contribution in [0.25, 0.3) is 0 Å². The highest BCUT2D eigenvalue weighted by Gasteiger charge is 2.10. The van der Waals surface area contributed by atoms with Gasteiger partial charge in [-0.15, -0.1) is 0 Å². The van der Waals surface area contributed by atoms with Gasteiger partial charge in [0, 0.05) is 0 Å². The van der Waals surface area contributed by atoms with Crippen LogP contribution in [0.1, 0.15) is 0 Å². The van der Waals surface area contributed by atoms with Crippen LogP contribution in [0, 0.1) is 0 Å². The lowest BCUT2D eigenvalue weighted by molar-refractivity contribution is 0.403. The third kappa shape index (κ3) is 2.03. The van der Waals surface area contributed by atoms with Gasteiger partial charge in [-0.3, -0.25) is 0 Å². The van der Waals surface area contributed by atoms with Gasteiger partial charge < -0.3 is 25.7 Å². The predicted molar refractivity (Wildman–Crippen MR) is 62.8 cm³/mol. The highest BCUT2D eigenvalue weighted by Crippen LogP contribution is 2.39. The van der Waals surface area contributed by atoms with Crippen LogP contribution < -0.4 is 5.32 Å². The molecule has 0 unspecified atom stereocenters. The standard InChI is InChI=1S/C12H11NO4/c14-9-5-1-3-7(11(9)16)13-8-4-2-6-10(15)12(8)17/h1-6,13-17H. The summed E-state index contributed by atoms with van der Waals surface area (Å²) in [7, 11) is 0. The summed E-state index contributed by atoms with van der Waals surface area (Å²) in [6.45, 7) is 0. The van der Waals surface area contributed by atoms with Crippen molar-refractivity contribution in [2.45, 2.75) is 0 Å². The lowest BCUT2D eigenvalue weighted by Gasteiger charge is -2.11. The summed E-state index contributed by atoms with van der Waals surface area (Å²) < 4.78 is 0. The third-order valence-corrected chi connectivity index (χ3v) is 2.30. The van der Waals surface area contributed by atoms with Crippen LogP contribution in [0.3, 0.4) is 0 Å². The van der Waals surface area contributed by atoms with E-state index in [2.05, 4.69) is 5.32 Å². The van der Waals surface area contributed by atoms with Gasteiger partial charge >= 0.3 is 0 Å². The average Bonchev–Trinajstić information content (AvgIpc) is 2.31. The molecular formula is C12H11NO4. The van der Waals surface area contributed by atoms with Gasteiger partial charge in [-0.1, -0.05) is 12.1 Å². The quantitative estimate of drug-likeness (QED) is 0.513. The van der Waals surface area contributed by atoms with E-state index < -0.39 is 0 Å². The Bertz CT molecular complexity index is 505. The van der Waals surface area contributed by atoms with Crippen LogP contribution in [0.15, 0.2) is 36.4 Å². The van der Waals surface area contributed by atoms with Gasteiger partial charge in [0.1, 0.15) is 0 Å². The number of aromatic hydroxyl groups is 4. The molecule has 2 rings (SSSR count). The summed E-state index contributed by atoms with van der Waals surface area (Å²) in [5.74, 6) is -1.19. The lowest BCUT2D eigenvalue weighted by atomic mass is 10.2. The molecule has 0 fully saturated rings. The maximum absolute atomic E-state index is 9.56. The summed E-state index contributed by atoms with van der Waals surface area (Å²) in [5, 5.41) is 40.4. The smallest absolute Gasteiger partial charge is 0.181 e. The number of hydrogen-bond acceptors (Lipinski definition) is 5. The Hall–Kier alpha value is -2.56. The molecule has 5 nitrogen and oxygen atoms in total. The second-order valence-corrected chi connectivity index (χ2v) is 3.47. The van der Waals surface area contributed by atoms with Crippen molar-refractivity contribution in [3.05, 3.63) is 36.4 Å². The van der Waals surface area contributed by atoms with Crippen molar-refractivity contribution in [3.63, 3.8) is 0 Å². The largest absolute Gasteiger partial charge is 0.504 e. The van der Waals surface area contributed by atoms with Gasteiger partial charge in [0.15, 0.2) is 23.0 Å². The van der Waals surface area contributed by atoms with E-state index in [0.29, 0.717) is 0 Å². The number of phenolic OH excluding ortho intramolecular Hbond substituents is 4. The first-order valence-electron chi connectivity index (χ1n) is 4.88. The van der Waals surface area contributed by atoms with Gasteiger partial charge in [-0.2, -0.15) is 0 Å². The molecule has 2 aromatic rings. The molecule has 2 aromatic carbocycles. The van der Waals surface area contributed by atoms with Crippen molar-refractivity contribution < 1.29 is 20.4 Å². The molecule has 0 bridgehead atoms. The minimum atomic E-state index is -0.324. The normalized spacial score (nSPS) is 10.1. The zero-order valence-corrected chi connectivity index (χ0v) is 8.75. The average molecular weight is 233 g/mol. The molecule has 0 aliphatic heterocycles. The Labute approximate surface area is 97.2 Å². The minimum absolute atomic E-state index is 0.228. The van der Waals surface area contributed by atoms with Gasteiger partial charge in [-0.05, 0) is 24.3 Å². The Kier molecular flexibility index (Phi) is 2.66. The van der Waals surface area contributed by atoms with Crippen molar-refractivity contribution in [1.82, 2.24) is 0 Å². The predicted octanol–water partition coefficient (Wildman–Crippen LogP) is 2.25. The Morgan fingerprint density at radius 1 is 0.647 bits per heavy atom. The maximum Gasteiger partial charge on any atom is 0.181 e. The molecule has 0 spiro atoms. The zero-order valence-electron chi connectivity index (χ0n) is 8.75. The lowest BCUT2D eigenvalue weighted by Crippen LogP contribution is -1.91. The van der Waals surface area contributed by atoms with E-state index in [4.69, 9.17) is 0 Å². The second-order valence-electron chi connectivity index (χ2n) is 3.47. The Morgan fingerprint density at radius 2 is 1.06 bits per heavy atom. The summed E-state index contributed by atoms with van der Waals surface area (Å²) >= 11 is 0. The van der Waals surface area contributed by atoms with E-state index in [9.17, 15) is 20.4 Å². The van der Waals surface area contributed by atoms with Crippen LogP contribution in [-0.2, 0) is 0 Å². The van der Waals surface area contributed by atoms with Crippen molar-refractivity contribution >= 4 is 11.4 Å². The molecule has 5 N–H and O–H groups in total. The van der Waals surface area contributed by atoms with E-state index in [-0.39, 0.29) is 34.4 Å². The SMILES string of the molecule is Oc1cccc(Nc2cccc(O)c2O)c1O. The molecule has 5 heteroatoms. The number of phenols is 4. The van der Waals surface area contributed by atoms with Crippen molar-refractivity contribution in [2.75, 3.05) is 5.32 Å². The van der Waals surface area contributed by atoms with E-state index in [1.54, 1.807) is 0 Å². The highest BCUT2D eigenvalue weighted by atomic mass is 16.3. The van der Waals surface area contributed by atoms with E-state index in [0.717, 1.165) is 0 Å². The molecule has 0 aliphatic rings. The molecule has 17 heavy (non-hydrogen) atoms. The van der Waals surface area contributed by atoms with Crippen molar-refractivity contribution in [2.24, 2.45) is 0 Å². The van der Waals surface area contributed by atoms with Crippen LogP contribution in [0.5, 0.6) is 23.0 Å². The number of para-hydroxylation sites is 2. The van der Waals surface area contributed by atoms with Crippen LogP contribution in [-0.4, -0.2) is 20.4 Å². The third-order valence-electron chi connectivity index (χ3n) is 2.30. The molecule has 0 atom stereocenters. The summed E-state index contributed by atoms with van der Waals surface area (Å²) in [5.41, 5.74) is 0.455. The molecule has 0 amide bonds. The second kappa shape index (κ2) is 4.13. The fourth-order valence-electron chi connectivity index (χ4n) is 1.41. The van der Waals surface area contributed by atoms with Gasteiger partial charge in [-0.25, -0.2) is 0 Å². The van der Waals surface area contributed by atoms with E-state index in [1.807, 2.05) is 0 Å². The molecule has 0 aromatic heterocycles. The topological polar surface area (TPSA) is 93.0 Å². The number of rotatable bonds is 2. The zero-order chi connectivity index (χ0) is 12.4. The van der Waals surface area contributed by atoms with Crippen LogP contribution in [0.2, 0.25) is 0 Å². The summed E-state index contributed by atoms with van der Waals surface area (Å²) in [6.07, 6.45) is 0. The molecule has 0 heterocycles. The molecule has 0 radical (unpaired) electrons. The van der Waals surface area contributed by atoms with E-state index >= 15 is 0 Å². The minimum Gasteiger partial charge on any atom is -0.504 e. The van der Waals surface area contributed by atoms with Gasteiger partial charge in [0.25, 0.3) is 0 Å². The molecular weight excluding hydrogens is 222 g/mol. The maximum atomic E-state index is 9.56. The Morgan fingerprint density at radius 3 is 1.47 bits per heavy atom. The first-order chi connectivity index (χ1) is 8.09. The fourth-order valence-corrected chi connectivity index (χ4v) is 1.41. The molecule has 0 saturated carbocycles. The van der Waals surface area contributed by atoms with Gasteiger partial charge in [0.05, 0.1) is 11.4 Å². The van der Waals surface area contributed by atoms with Crippen molar-refractivity contribution in [1.29, 1.82) is 0 Å². The Balaban J connectivity index is 2.38. The number of nitrogens with one attached hydrogen (secondary N) is 1. The molecule has 0 aliphatic carbocycles. The van der Waals surface area contributed by atoms with E-state index in [1.165, 1.54) is 36.4 Å². The van der Waals surface area contributed by atoms with Gasteiger partial charge in [0.2, 0.25) is 0 Å². The number of anilines is 2. The fraction of sp³-hybridized carbons (Fsp3) is 0. The summed E-state index contributed by atoms with van der Waals surface area (Å²) in [4.78, 5) is 0. The highest BCUT2D eigenvalue weighted by molar-refractivity contribution is 5.74.